The number of fused-ring (bicyclic) bond motifs is 2. The van der Waals surface area contributed by atoms with Crippen LogP contribution < -0.4 is 10.1 Å². The van der Waals surface area contributed by atoms with Gasteiger partial charge in [0, 0.05) is 36.6 Å². The molecule has 4 fully saturated rings. The molecule has 0 aliphatic carbocycles. The van der Waals surface area contributed by atoms with E-state index in [4.69, 9.17) is 4.74 Å². The van der Waals surface area contributed by atoms with Crippen LogP contribution in [0.4, 0.5) is 10.5 Å². The standard InChI is InChI=1S/C22H26N4O2/c1-28-18-6-4-17(5-7-18)24-22(27)26-14-19(16-3-2-10-23-13-16)21-20(26)15-8-11-25(21)12-9-15/h2-7,10,13,15,19-21H,8-9,11-12,14H2,1H3,(H,24,27). The number of carbonyl (C=O) groups excluding carboxylic acids is 1. The lowest BCUT2D eigenvalue weighted by Gasteiger charge is -2.51. The Balaban J connectivity index is 1.41. The minimum Gasteiger partial charge on any atom is -0.497 e. The topological polar surface area (TPSA) is 57.7 Å². The van der Waals surface area contributed by atoms with Crippen LogP contribution >= 0.6 is 0 Å². The van der Waals surface area contributed by atoms with E-state index in [1.807, 2.05) is 42.7 Å². The first-order chi connectivity index (χ1) is 13.7. The molecule has 6 rings (SSSR count). The number of rotatable bonds is 3. The number of carbonyl (C=O) groups is 1. The maximum absolute atomic E-state index is 13.2. The maximum Gasteiger partial charge on any atom is 0.322 e. The Hall–Kier alpha value is -2.60. The Morgan fingerprint density at radius 2 is 1.93 bits per heavy atom. The van der Waals surface area contributed by atoms with Crippen LogP contribution in [0.5, 0.6) is 5.75 Å². The number of methoxy groups -OCH3 is 1. The minimum atomic E-state index is 0.000284. The molecule has 3 atom stereocenters. The molecule has 2 aromatic rings. The third-order valence-corrected chi connectivity index (χ3v) is 6.71. The van der Waals surface area contributed by atoms with Crippen molar-refractivity contribution in [1.29, 1.82) is 0 Å². The first-order valence-electron chi connectivity index (χ1n) is 10.1. The number of amides is 2. The first kappa shape index (κ1) is 17.5. The normalized spacial score (nSPS) is 30.8. The van der Waals surface area contributed by atoms with Crippen LogP contribution in [0, 0.1) is 5.92 Å². The van der Waals surface area contributed by atoms with Gasteiger partial charge in [0.15, 0.2) is 0 Å². The molecule has 5 heterocycles. The van der Waals surface area contributed by atoms with Crippen LogP contribution in [0.15, 0.2) is 48.8 Å². The number of nitrogens with one attached hydrogen (secondary N) is 1. The van der Waals surface area contributed by atoms with E-state index in [1.165, 1.54) is 18.4 Å². The summed E-state index contributed by atoms with van der Waals surface area (Å²) in [5.74, 6) is 1.70. The molecule has 2 amide bonds. The average molecular weight is 378 g/mol. The Labute approximate surface area is 165 Å². The van der Waals surface area contributed by atoms with Gasteiger partial charge in [0.2, 0.25) is 0 Å². The van der Waals surface area contributed by atoms with Crippen LogP contribution in [-0.4, -0.2) is 59.6 Å². The maximum atomic E-state index is 13.2. The Bertz CT molecular complexity index is 833. The summed E-state index contributed by atoms with van der Waals surface area (Å²) < 4.78 is 5.21. The highest BCUT2D eigenvalue weighted by Crippen LogP contribution is 2.46. The van der Waals surface area contributed by atoms with Gasteiger partial charge in [0.05, 0.1) is 13.2 Å². The van der Waals surface area contributed by atoms with E-state index in [0.717, 1.165) is 31.1 Å². The zero-order valence-electron chi connectivity index (χ0n) is 16.1. The van der Waals surface area contributed by atoms with Crippen molar-refractivity contribution in [2.24, 2.45) is 5.92 Å². The summed E-state index contributed by atoms with van der Waals surface area (Å²) in [6.45, 7) is 3.04. The summed E-state index contributed by atoms with van der Waals surface area (Å²) in [6, 6.07) is 12.4. The SMILES string of the molecule is COc1ccc(NC(=O)N2CC(c3cccnc3)C3C2C2CCN3CC2)cc1. The van der Waals surface area contributed by atoms with Crippen molar-refractivity contribution in [2.45, 2.75) is 30.8 Å². The number of hydrogen-bond acceptors (Lipinski definition) is 4. The fourth-order valence-corrected chi connectivity index (χ4v) is 5.41. The predicted molar refractivity (Wildman–Crippen MR) is 108 cm³/mol. The van der Waals surface area contributed by atoms with Gasteiger partial charge in [-0.05, 0) is 67.7 Å². The second-order valence-corrected chi connectivity index (χ2v) is 8.06. The number of aromatic nitrogens is 1. The molecule has 6 nitrogen and oxygen atoms in total. The molecule has 1 aromatic carbocycles. The molecule has 28 heavy (non-hydrogen) atoms. The molecule has 146 valence electrons. The number of likely N-dealkylation sites (tertiary alicyclic amines) is 1. The van der Waals surface area contributed by atoms with Gasteiger partial charge in [0.25, 0.3) is 0 Å². The van der Waals surface area contributed by atoms with Gasteiger partial charge in [-0.15, -0.1) is 0 Å². The van der Waals surface area contributed by atoms with Crippen LogP contribution in [0.1, 0.15) is 24.3 Å². The third-order valence-electron chi connectivity index (χ3n) is 6.71. The van der Waals surface area contributed by atoms with E-state index in [9.17, 15) is 4.79 Å². The summed E-state index contributed by atoms with van der Waals surface area (Å²) in [5.41, 5.74) is 2.04. The van der Waals surface area contributed by atoms with Crippen LogP contribution in [0.3, 0.4) is 0 Å². The molecule has 6 heteroatoms. The molecule has 0 spiro atoms. The third kappa shape index (κ3) is 2.92. The fourth-order valence-electron chi connectivity index (χ4n) is 5.41. The highest BCUT2D eigenvalue weighted by atomic mass is 16.5. The summed E-state index contributed by atoms with van der Waals surface area (Å²) in [6.07, 6.45) is 6.16. The highest BCUT2D eigenvalue weighted by Gasteiger charge is 2.54. The Kier molecular flexibility index (Phi) is 4.43. The van der Waals surface area contributed by atoms with E-state index in [2.05, 4.69) is 26.2 Å². The molecule has 4 aliphatic rings. The number of anilines is 1. The van der Waals surface area contributed by atoms with Gasteiger partial charge >= 0.3 is 6.03 Å². The van der Waals surface area contributed by atoms with Crippen LogP contribution in [-0.2, 0) is 0 Å². The van der Waals surface area contributed by atoms with Crippen LogP contribution in [0.25, 0.3) is 0 Å². The van der Waals surface area contributed by atoms with E-state index in [0.29, 0.717) is 17.9 Å². The van der Waals surface area contributed by atoms with Crippen molar-refractivity contribution in [1.82, 2.24) is 14.8 Å². The Morgan fingerprint density at radius 1 is 1.14 bits per heavy atom. The number of urea groups is 1. The summed E-state index contributed by atoms with van der Waals surface area (Å²) in [5, 5.41) is 3.10. The lowest BCUT2D eigenvalue weighted by Crippen LogP contribution is -2.61. The Morgan fingerprint density at radius 3 is 2.61 bits per heavy atom. The monoisotopic (exact) mass is 378 g/mol. The number of hydrogen-bond donors (Lipinski definition) is 1. The number of piperidine rings is 3. The van der Waals surface area contributed by atoms with Crippen molar-refractivity contribution in [3.05, 3.63) is 54.4 Å². The number of pyridine rings is 1. The lowest BCUT2D eigenvalue weighted by molar-refractivity contribution is 0.00493. The summed E-state index contributed by atoms with van der Waals surface area (Å²) >= 11 is 0. The largest absolute Gasteiger partial charge is 0.497 e. The first-order valence-corrected chi connectivity index (χ1v) is 10.1. The van der Waals surface area contributed by atoms with Crippen LogP contribution in [0.2, 0.25) is 0 Å². The zero-order valence-corrected chi connectivity index (χ0v) is 16.1. The minimum absolute atomic E-state index is 0.000284. The summed E-state index contributed by atoms with van der Waals surface area (Å²) in [7, 11) is 1.64. The number of nitrogens with zero attached hydrogens (tertiary/aromatic N) is 3. The van der Waals surface area contributed by atoms with Crippen molar-refractivity contribution in [3.8, 4) is 5.75 Å². The fraction of sp³-hybridized carbons (Fsp3) is 0.455. The molecule has 1 N–H and O–H groups in total. The average Bonchev–Trinajstić information content (AvgIpc) is 3.19. The second-order valence-electron chi connectivity index (χ2n) is 8.06. The molecule has 3 unspecified atom stereocenters. The predicted octanol–water partition coefficient (Wildman–Crippen LogP) is 3.18. The molecule has 4 saturated heterocycles. The van der Waals surface area contributed by atoms with E-state index < -0.39 is 0 Å². The quantitative estimate of drug-likeness (QED) is 0.891. The van der Waals surface area contributed by atoms with E-state index >= 15 is 0 Å². The van der Waals surface area contributed by atoms with Gasteiger partial charge in [-0.2, -0.15) is 0 Å². The van der Waals surface area contributed by atoms with Gasteiger partial charge in [-0.25, -0.2) is 4.79 Å². The van der Waals surface area contributed by atoms with Crippen molar-refractivity contribution in [3.63, 3.8) is 0 Å². The number of ether oxygens (including phenoxy) is 1. The van der Waals surface area contributed by atoms with Gasteiger partial charge in [-0.3, -0.25) is 9.88 Å². The summed E-state index contributed by atoms with van der Waals surface area (Å²) in [4.78, 5) is 22.2. The number of benzene rings is 1. The lowest BCUT2D eigenvalue weighted by atomic mass is 9.75. The van der Waals surface area contributed by atoms with E-state index in [1.54, 1.807) is 7.11 Å². The molecule has 2 bridgehead atoms. The van der Waals surface area contributed by atoms with Crippen molar-refractivity contribution in [2.75, 3.05) is 32.1 Å². The highest BCUT2D eigenvalue weighted by molar-refractivity contribution is 5.90. The van der Waals surface area contributed by atoms with E-state index in [-0.39, 0.29) is 12.1 Å². The molecular weight excluding hydrogens is 352 g/mol. The van der Waals surface area contributed by atoms with Gasteiger partial charge in [0.1, 0.15) is 5.75 Å². The zero-order chi connectivity index (χ0) is 19.1. The molecule has 4 aliphatic heterocycles. The smallest absolute Gasteiger partial charge is 0.322 e. The second kappa shape index (κ2) is 7.09. The molecular formula is C22H26N4O2. The van der Waals surface area contributed by atoms with Crippen molar-refractivity contribution < 1.29 is 9.53 Å². The van der Waals surface area contributed by atoms with Gasteiger partial charge in [-0.1, -0.05) is 6.07 Å². The van der Waals surface area contributed by atoms with Gasteiger partial charge < -0.3 is 15.0 Å². The molecule has 0 saturated carbocycles. The molecule has 1 aromatic heterocycles. The van der Waals surface area contributed by atoms with Crippen molar-refractivity contribution >= 4 is 11.7 Å². The molecule has 0 radical (unpaired) electrons.